The lowest BCUT2D eigenvalue weighted by atomic mass is 9.94. The zero-order valence-corrected chi connectivity index (χ0v) is 14.9. The maximum Gasteiger partial charge on any atom is 0.226 e. The van der Waals surface area contributed by atoms with Crippen LogP contribution in [0.15, 0.2) is 18.2 Å². The van der Waals surface area contributed by atoms with E-state index >= 15 is 0 Å². The highest BCUT2D eigenvalue weighted by Crippen LogP contribution is 2.33. The normalized spacial score (nSPS) is 19.8. The van der Waals surface area contributed by atoms with Crippen LogP contribution in [0.5, 0.6) is 11.5 Å². The lowest BCUT2D eigenvalue weighted by Crippen LogP contribution is -2.36. The number of hydrogen-bond donors (Lipinski definition) is 1. The van der Waals surface area contributed by atoms with Crippen molar-refractivity contribution in [2.24, 2.45) is 17.6 Å². The molecule has 2 rings (SSSR count). The van der Waals surface area contributed by atoms with Gasteiger partial charge in [-0.25, -0.2) is 0 Å². The van der Waals surface area contributed by atoms with Crippen LogP contribution >= 0.6 is 12.4 Å². The Labute approximate surface area is 144 Å². The summed E-state index contributed by atoms with van der Waals surface area (Å²) in [6.07, 6.45) is 3.11. The molecule has 1 aromatic carbocycles. The molecule has 2 N–H and O–H groups in total. The molecule has 0 radical (unpaired) electrons. The number of nitrogens with zero attached hydrogens (tertiary/aromatic N) is 1. The van der Waals surface area contributed by atoms with E-state index in [0.717, 1.165) is 36.3 Å². The molecule has 0 aromatic heterocycles. The van der Waals surface area contributed by atoms with Crippen molar-refractivity contribution in [1.82, 2.24) is 4.90 Å². The molecule has 0 spiro atoms. The second-order valence-corrected chi connectivity index (χ2v) is 5.91. The van der Waals surface area contributed by atoms with Crippen LogP contribution in [0.25, 0.3) is 0 Å². The standard InChI is InChI=1S/C17H26N2O3.ClH/c1-19(17(20)15-6-4-5-12(15)10-18)11-13-7-8-14(21-2)9-16(13)22-3;/h7-9,12,15H,4-6,10-11,18H2,1-3H3;1H/t12-,15-;/m1./s1. The molecular formula is C17H27ClN2O3. The Kier molecular flexibility index (Phi) is 7.65. The molecule has 0 aliphatic heterocycles. The number of hydrogen-bond acceptors (Lipinski definition) is 4. The summed E-state index contributed by atoms with van der Waals surface area (Å²) in [5.41, 5.74) is 6.76. The van der Waals surface area contributed by atoms with Gasteiger partial charge in [-0.2, -0.15) is 0 Å². The topological polar surface area (TPSA) is 64.8 Å². The van der Waals surface area contributed by atoms with Gasteiger partial charge in [0, 0.05) is 31.1 Å². The largest absolute Gasteiger partial charge is 0.497 e. The van der Waals surface area contributed by atoms with Gasteiger partial charge in [-0.1, -0.05) is 6.42 Å². The summed E-state index contributed by atoms with van der Waals surface area (Å²) in [7, 11) is 5.09. The van der Waals surface area contributed by atoms with Gasteiger partial charge in [0.2, 0.25) is 5.91 Å². The van der Waals surface area contributed by atoms with Crippen LogP contribution in [-0.2, 0) is 11.3 Å². The Morgan fingerprint density at radius 1 is 1.30 bits per heavy atom. The lowest BCUT2D eigenvalue weighted by Gasteiger charge is -2.25. The number of halogens is 1. The summed E-state index contributed by atoms with van der Waals surface area (Å²) in [6, 6.07) is 5.66. The summed E-state index contributed by atoms with van der Waals surface area (Å²) in [4.78, 5) is 14.4. The Morgan fingerprint density at radius 2 is 2.04 bits per heavy atom. The highest BCUT2D eigenvalue weighted by atomic mass is 35.5. The van der Waals surface area contributed by atoms with Crippen molar-refractivity contribution in [1.29, 1.82) is 0 Å². The van der Waals surface area contributed by atoms with Gasteiger partial charge < -0.3 is 20.1 Å². The summed E-state index contributed by atoms with van der Waals surface area (Å²) in [5, 5.41) is 0. The van der Waals surface area contributed by atoms with Crippen LogP contribution in [-0.4, -0.2) is 38.6 Å². The van der Waals surface area contributed by atoms with Gasteiger partial charge >= 0.3 is 0 Å². The van der Waals surface area contributed by atoms with E-state index in [1.807, 2.05) is 25.2 Å². The predicted molar refractivity (Wildman–Crippen MR) is 93.2 cm³/mol. The molecule has 5 nitrogen and oxygen atoms in total. The molecule has 1 fully saturated rings. The van der Waals surface area contributed by atoms with E-state index in [0.29, 0.717) is 19.0 Å². The third-order valence-electron chi connectivity index (χ3n) is 4.56. The van der Waals surface area contributed by atoms with E-state index in [4.69, 9.17) is 15.2 Å². The number of carbonyl (C=O) groups excluding carboxylic acids is 1. The Bertz CT molecular complexity index is 525. The molecule has 1 amide bonds. The molecular weight excluding hydrogens is 316 g/mol. The van der Waals surface area contributed by atoms with Crippen LogP contribution < -0.4 is 15.2 Å². The highest BCUT2D eigenvalue weighted by Gasteiger charge is 2.33. The quantitative estimate of drug-likeness (QED) is 0.862. The minimum absolute atomic E-state index is 0. The fraction of sp³-hybridized carbons (Fsp3) is 0.588. The van der Waals surface area contributed by atoms with Crippen molar-refractivity contribution in [3.05, 3.63) is 23.8 Å². The van der Waals surface area contributed by atoms with Crippen LogP contribution in [0, 0.1) is 11.8 Å². The third-order valence-corrected chi connectivity index (χ3v) is 4.56. The summed E-state index contributed by atoms with van der Waals surface area (Å²) in [6.45, 7) is 1.12. The van der Waals surface area contributed by atoms with Crippen LogP contribution in [0.3, 0.4) is 0 Å². The van der Waals surface area contributed by atoms with Crippen molar-refractivity contribution in [3.63, 3.8) is 0 Å². The number of carbonyl (C=O) groups is 1. The van der Waals surface area contributed by atoms with Gasteiger partial charge in [0.15, 0.2) is 0 Å². The van der Waals surface area contributed by atoms with Crippen molar-refractivity contribution in [2.75, 3.05) is 27.8 Å². The second kappa shape index (κ2) is 8.99. The van der Waals surface area contributed by atoms with Crippen molar-refractivity contribution in [3.8, 4) is 11.5 Å². The van der Waals surface area contributed by atoms with Gasteiger partial charge in [-0.15, -0.1) is 12.4 Å². The summed E-state index contributed by atoms with van der Waals surface area (Å²) >= 11 is 0. The molecule has 2 atom stereocenters. The maximum absolute atomic E-state index is 12.6. The molecule has 0 unspecified atom stereocenters. The zero-order chi connectivity index (χ0) is 16.1. The van der Waals surface area contributed by atoms with Crippen LogP contribution in [0.2, 0.25) is 0 Å². The minimum atomic E-state index is 0. The van der Waals surface area contributed by atoms with Crippen LogP contribution in [0.4, 0.5) is 0 Å². The number of rotatable bonds is 6. The zero-order valence-electron chi connectivity index (χ0n) is 14.1. The Balaban J connectivity index is 0.00000264. The molecule has 1 saturated carbocycles. The van der Waals surface area contributed by atoms with Crippen molar-refractivity contribution >= 4 is 18.3 Å². The predicted octanol–water partition coefficient (Wildman–Crippen LogP) is 2.46. The summed E-state index contributed by atoms with van der Waals surface area (Å²) in [5.74, 6) is 2.06. The molecule has 0 saturated heterocycles. The third kappa shape index (κ3) is 4.52. The first kappa shape index (κ1) is 19.6. The maximum atomic E-state index is 12.6. The summed E-state index contributed by atoms with van der Waals surface area (Å²) < 4.78 is 10.6. The van der Waals surface area contributed by atoms with Gasteiger partial charge in [0.25, 0.3) is 0 Å². The molecule has 1 aromatic rings. The fourth-order valence-corrected chi connectivity index (χ4v) is 3.24. The Morgan fingerprint density at radius 3 is 2.65 bits per heavy atom. The first-order valence-corrected chi connectivity index (χ1v) is 7.76. The van der Waals surface area contributed by atoms with E-state index < -0.39 is 0 Å². The number of methoxy groups -OCH3 is 2. The molecule has 6 heteroatoms. The average molecular weight is 343 g/mol. The lowest BCUT2D eigenvalue weighted by molar-refractivity contribution is -0.135. The SMILES string of the molecule is COc1ccc(CN(C)C(=O)[C@@H]2CCC[C@@H]2CN)c(OC)c1.Cl. The molecule has 0 bridgehead atoms. The van der Waals surface area contributed by atoms with E-state index in [1.54, 1.807) is 19.1 Å². The number of amides is 1. The van der Waals surface area contributed by atoms with Crippen molar-refractivity contribution < 1.29 is 14.3 Å². The van der Waals surface area contributed by atoms with E-state index in [9.17, 15) is 4.79 Å². The van der Waals surface area contributed by atoms with Gasteiger partial charge in [-0.05, 0) is 37.4 Å². The minimum Gasteiger partial charge on any atom is -0.497 e. The molecule has 130 valence electrons. The second-order valence-electron chi connectivity index (χ2n) is 5.91. The van der Waals surface area contributed by atoms with Gasteiger partial charge in [-0.3, -0.25) is 4.79 Å². The molecule has 0 heterocycles. The average Bonchev–Trinajstić information content (AvgIpc) is 3.02. The van der Waals surface area contributed by atoms with Crippen LogP contribution in [0.1, 0.15) is 24.8 Å². The fourth-order valence-electron chi connectivity index (χ4n) is 3.24. The first-order valence-electron chi connectivity index (χ1n) is 7.76. The van der Waals surface area contributed by atoms with Gasteiger partial charge in [0.05, 0.1) is 14.2 Å². The van der Waals surface area contributed by atoms with E-state index in [1.165, 1.54) is 0 Å². The number of ether oxygens (including phenoxy) is 2. The molecule has 1 aliphatic rings. The smallest absolute Gasteiger partial charge is 0.226 e. The molecule has 23 heavy (non-hydrogen) atoms. The van der Waals surface area contributed by atoms with E-state index in [2.05, 4.69) is 0 Å². The van der Waals surface area contributed by atoms with Gasteiger partial charge in [0.1, 0.15) is 11.5 Å². The van der Waals surface area contributed by atoms with Crippen molar-refractivity contribution in [2.45, 2.75) is 25.8 Å². The molecule has 1 aliphatic carbocycles. The monoisotopic (exact) mass is 342 g/mol. The number of nitrogens with two attached hydrogens (primary N) is 1. The van der Waals surface area contributed by atoms with E-state index in [-0.39, 0.29) is 24.2 Å². The first-order chi connectivity index (χ1) is 10.6. The Hall–Kier alpha value is -1.46. The number of benzene rings is 1. The highest BCUT2D eigenvalue weighted by molar-refractivity contribution is 5.85.